The van der Waals surface area contributed by atoms with Gasteiger partial charge in [-0.1, -0.05) is 72.3 Å². The zero-order valence-electron chi connectivity index (χ0n) is 28.1. The number of benzene rings is 4. The summed E-state index contributed by atoms with van der Waals surface area (Å²) in [5, 5.41) is 5.97. The van der Waals surface area contributed by atoms with Crippen LogP contribution in [-0.4, -0.2) is 50.8 Å². The quantitative estimate of drug-likeness (QED) is 0.201. The normalized spacial score (nSPS) is 17.1. The van der Waals surface area contributed by atoms with Crippen LogP contribution < -0.4 is 20.4 Å². The van der Waals surface area contributed by atoms with E-state index in [1.54, 1.807) is 36.0 Å². The van der Waals surface area contributed by atoms with Crippen LogP contribution >= 0.6 is 11.6 Å². The molecule has 8 nitrogen and oxygen atoms in total. The fourth-order valence-electron chi connectivity index (χ4n) is 6.03. The van der Waals surface area contributed by atoms with Gasteiger partial charge in [0, 0.05) is 56.4 Å². The van der Waals surface area contributed by atoms with Crippen LogP contribution in [0.1, 0.15) is 35.1 Å². The molecule has 2 heterocycles. The monoisotopic (exact) mass is 694 g/mol. The van der Waals surface area contributed by atoms with Gasteiger partial charge in [0.15, 0.2) is 0 Å². The zero-order valence-corrected chi connectivity index (χ0v) is 28.8. The molecule has 10 heteroatoms. The van der Waals surface area contributed by atoms with E-state index in [2.05, 4.69) is 16.7 Å². The maximum atomic E-state index is 12.9. The Bertz CT molecular complexity index is 1840. The minimum atomic E-state index is -0.296. The summed E-state index contributed by atoms with van der Waals surface area (Å²) in [7, 11) is 3.18. The van der Waals surface area contributed by atoms with E-state index < -0.39 is 0 Å². The van der Waals surface area contributed by atoms with Gasteiger partial charge in [-0.3, -0.25) is 19.2 Å². The standard InChI is InChI=1S/C20H21ClN2O2.C20H19FN2O2/c1-22-20(25)16-12-19(24)23(13-16)18-9-7-14(8-10-18)5-6-15-3-2-4-17(21)11-15;1-22-20(25)16-12-19(24)23(13-16)18-10-6-15(7-11-18)3-2-14-4-8-17(21)9-5-14/h2-4,7-11,16H,5-6,12-13H2,1H3,(H,22,25);2-11,16H,12-13H2,1H3,(H,22,25). The minimum Gasteiger partial charge on any atom is -0.359 e. The summed E-state index contributed by atoms with van der Waals surface area (Å²) < 4.78 is 12.9. The van der Waals surface area contributed by atoms with Gasteiger partial charge in [-0.15, -0.1) is 0 Å². The third-order valence-electron chi connectivity index (χ3n) is 8.87. The van der Waals surface area contributed by atoms with Crippen molar-refractivity contribution in [3.05, 3.63) is 130 Å². The summed E-state index contributed by atoms with van der Waals surface area (Å²) >= 11 is 6.01. The number of hydrogen-bond acceptors (Lipinski definition) is 4. The van der Waals surface area contributed by atoms with Gasteiger partial charge in [-0.2, -0.15) is 0 Å². The highest BCUT2D eigenvalue weighted by Crippen LogP contribution is 2.27. The predicted octanol–water partition coefficient (Wildman–Crippen LogP) is 6.32. The Morgan fingerprint density at radius 3 is 1.64 bits per heavy atom. The molecule has 0 radical (unpaired) electrons. The van der Waals surface area contributed by atoms with Gasteiger partial charge < -0.3 is 20.4 Å². The van der Waals surface area contributed by atoms with Crippen LogP contribution in [-0.2, 0) is 32.0 Å². The molecule has 4 amide bonds. The first-order chi connectivity index (χ1) is 24.1. The average molecular weight is 695 g/mol. The summed E-state index contributed by atoms with van der Waals surface area (Å²) in [6.07, 6.45) is 6.17. The molecule has 50 heavy (non-hydrogen) atoms. The fourth-order valence-corrected chi connectivity index (χ4v) is 6.24. The largest absolute Gasteiger partial charge is 0.359 e. The van der Waals surface area contributed by atoms with Gasteiger partial charge in [0.05, 0.1) is 11.8 Å². The molecule has 4 aromatic rings. The Morgan fingerprint density at radius 2 is 1.16 bits per heavy atom. The molecule has 0 aliphatic carbocycles. The number of nitrogens with zero attached hydrogens (tertiary/aromatic N) is 2. The molecular weight excluding hydrogens is 655 g/mol. The van der Waals surface area contributed by atoms with Crippen molar-refractivity contribution in [2.45, 2.75) is 25.7 Å². The first-order valence-electron chi connectivity index (χ1n) is 16.5. The van der Waals surface area contributed by atoms with Crippen molar-refractivity contribution in [1.82, 2.24) is 10.6 Å². The van der Waals surface area contributed by atoms with Crippen LogP contribution in [0.25, 0.3) is 12.2 Å². The van der Waals surface area contributed by atoms with E-state index in [9.17, 15) is 23.6 Å². The number of carbonyl (C=O) groups excluding carboxylic acids is 4. The van der Waals surface area contributed by atoms with E-state index in [1.807, 2.05) is 78.9 Å². The van der Waals surface area contributed by atoms with E-state index in [0.717, 1.165) is 40.4 Å². The van der Waals surface area contributed by atoms with E-state index >= 15 is 0 Å². The topological polar surface area (TPSA) is 98.8 Å². The van der Waals surface area contributed by atoms with E-state index in [0.29, 0.717) is 13.1 Å². The highest BCUT2D eigenvalue weighted by molar-refractivity contribution is 6.30. The number of hydrogen-bond donors (Lipinski definition) is 2. The van der Waals surface area contributed by atoms with Crippen molar-refractivity contribution < 1.29 is 23.6 Å². The number of amides is 4. The third kappa shape index (κ3) is 9.45. The molecule has 2 atom stereocenters. The number of anilines is 2. The van der Waals surface area contributed by atoms with Gasteiger partial charge >= 0.3 is 0 Å². The lowest BCUT2D eigenvalue weighted by Crippen LogP contribution is -2.30. The molecule has 258 valence electrons. The minimum absolute atomic E-state index is 0.000257. The third-order valence-corrected chi connectivity index (χ3v) is 9.10. The fraction of sp³-hybridized carbons (Fsp3) is 0.250. The lowest BCUT2D eigenvalue weighted by molar-refractivity contribution is -0.126. The van der Waals surface area contributed by atoms with Crippen LogP contribution in [0.2, 0.25) is 5.02 Å². The smallest absolute Gasteiger partial charge is 0.227 e. The van der Waals surface area contributed by atoms with E-state index in [-0.39, 0.29) is 54.1 Å². The summed E-state index contributed by atoms with van der Waals surface area (Å²) in [6.45, 7) is 0.851. The van der Waals surface area contributed by atoms with Crippen LogP contribution in [0.3, 0.4) is 0 Å². The Morgan fingerprint density at radius 1 is 0.700 bits per heavy atom. The van der Waals surface area contributed by atoms with E-state index in [1.165, 1.54) is 23.3 Å². The van der Waals surface area contributed by atoms with Crippen molar-refractivity contribution in [3.63, 3.8) is 0 Å². The Labute approximate surface area is 296 Å². The van der Waals surface area contributed by atoms with Crippen LogP contribution in [0.5, 0.6) is 0 Å². The number of carbonyl (C=O) groups is 4. The Hall–Kier alpha value is -5.28. The highest BCUT2D eigenvalue weighted by Gasteiger charge is 2.35. The van der Waals surface area contributed by atoms with Gasteiger partial charge in [-0.05, 0) is 83.6 Å². The molecule has 4 aromatic carbocycles. The summed E-state index contributed by atoms with van der Waals surface area (Å²) in [5.41, 5.74) is 5.94. The van der Waals surface area contributed by atoms with E-state index in [4.69, 9.17) is 11.6 Å². The number of rotatable bonds is 9. The molecule has 0 bridgehead atoms. The van der Waals surface area contributed by atoms with Crippen LogP contribution in [0.15, 0.2) is 97.1 Å². The molecule has 6 rings (SSSR count). The molecule has 2 saturated heterocycles. The molecule has 0 spiro atoms. The van der Waals surface area contributed by atoms with Gasteiger partial charge in [0.1, 0.15) is 5.82 Å². The number of nitrogens with one attached hydrogen (secondary N) is 2. The van der Waals surface area contributed by atoms with Gasteiger partial charge in [0.2, 0.25) is 23.6 Å². The second kappa shape index (κ2) is 16.9. The lowest BCUT2D eigenvalue weighted by atomic mass is 10.0. The van der Waals surface area contributed by atoms with Gasteiger partial charge in [0.25, 0.3) is 0 Å². The molecule has 0 saturated carbocycles. The molecule has 2 N–H and O–H groups in total. The lowest BCUT2D eigenvalue weighted by Gasteiger charge is -2.17. The highest BCUT2D eigenvalue weighted by atomic mass is 35.5. The van der Waals surface area contributed by atoms with Gasteiger partial charge in [-0.25, -0.2) is 4.39 Å². The summed E-state index contributed by atoms with van der Waals surface area (Å²) in [4.78, 5) is 51.1. The first-order valence-corrected chi connectivity index (χ1v) is 16.9. The van der Waals surface area contributed by atoms with Crippen molar-refractivity contribution in [2.24, 2.45) is 11.8 Å². The maximum absolute atomic E-state index is 12.9. The summed E-state index contributed by atoms with van der Waals surface area (Å²) in [6, 6.07) is 29.7. The first kappa shape index (κ1) is 36.0. The molecule has 2 fully saturated rings. The second-order valence-electron chi connectivity index (χ2n) is 12.3. The SMILES string of the molecule is CNC(=O)C1CC(=O)N(c2ccc(C=Cc3ccc(F)cc3)cc2)C1.CNC(=O)C1CC(=O)N(c2ccc(CCc3cccc(Cl)c3)cc2)C1. The predicted molar refractivity (Wildman–Crippen MR) is 196 cm³/mol. The molecule has 2 aliphatic rings. The molecular formula is C40H40ClFN4O4. The zero-order chi connectivity index (χ0) is 35.6. The molecule has 2 unspecified atom stereocenters. The van der Waals surface area contributed by atoms with Crippen LogP contribution in [0.4, 0.5) is 15.8 Å². The van der Waals surface area contributed by atoms with Crippen molar-refractivity contribution in [1.29, 1.82) is 0 Å². The van der Waals surface area contributed by atoms with Crippen molar-refractivity contribution >= 4 is 58.8 Å². The number of aryl methyl sites for hydroxylation is 2. The van der Waals surface area contributed by atoms with Crippen LogP contribution in [0, 0.1) is 17.7 Å². The van der Waals surface area contributed by atoms with Crippen molar-refractivity contribution in [3.8, 4) is 0 Å². The second-order valence-corrected chi connectivity index (χ2v) is 12.7. The molecule has 2 aliphatic heterocycles. The maximum Gasteiger partial charge on any atom is 0.227 e. The average Bonchev–Trinajstić information content (AvgIpc) is 3.73. The molecule has 0 aromatic heterocycles. The summed E-state index contributed by atoms with van der Waals surface area (Å²) in [5.74, 6) is -1.03. The Kier molecular flexibility index (Phi) is 12.2. The number of halogens is 2. The van der Waals surface area contributed by atoms with Crippen molar-refractivity contribution in [2.75, 3.05) is 37.0 Å². The Balaban J connectivity index is 0.000000194.